The van der Waals surface area contributed by atoms with Crippen molar-refractivity contribution in [1.29, 1.82) is 0 Å². The van der Waals surface area contributed by atoms with Crippen molar-refractivity contribution < 1.29 is 39.8 Å². The van der Waals surface area contributed by atoms with Crippen LogP contribution < -0.4 is 5.32 Å². The quantitative estimate of drug-likeness (QED) is 0.0261. The summed E-state index contributed by atoms with van der Waals surface area (Å²) in [4.78, 5) is 13.0. The van der Waals surface area contributed by atoms with Crippen molar-refractivity contribution in [2.24, 2.45) is 0 Å². The third kappa shape index (κ3) is 37.8. The number of allylic oxidation sites excluding steroid dienone is 21. The van der Waals surface area contributed by atoms with Gasteiger partial charge in [0, 0.05) is 6.42 Å². The number of carbonyl (C=O) groups excluding carboxylic acids is 1. The van der Waals surface area contributed by atoms with Crippen molar-refractivity contribution in [3.05, 3.63) is 134 Å². The van der Waals surface area contributed by atoms with Crippen molar-refractivity contribution >= 4 is 5.91 Å². The summed E-state index contributed by atoms with van der Waals surface area (Å²) in [7, 11) is 0. The Morgan fingerprint density at radius 2 is 0.913 bits per heavy atom. The van der Waals surface area contributed by atoms with E-state index in [1.54, 1.807) is 6.08 Å². The highest BCUT2D eigenvalue weighted by Crippen LogP contribution is 2.22. The third-order valence-electron chi connectivity index (χ3n) is 11.7. The van der Waals surface area contributed by atoms with Crippen molar-refractivity contribution in [2.75, 3.05) is 13.2 Å². The number of rotatable bonds is 43. The molecule has 1 heterocycles. The van der Waals surface area contributed by atoms with E-state index in [1.807, 2.05) is 6.08 Å². The molecule has 6 N–H and O–H groups in total. The predicted octanol–water partition coefficient (Wildman–Crippen LogP) is 12.9. The minimum Gasteiger partial charge on any atom is -0.394 e. The summed E-state index contributed by atoms with van der Waals surface area (Å²) < 4.78 is 11.2. The first-order valence-corrected chi connectivity index (χ1v) is 26.9. The monoisotopic (exact) mass is 960 g/mol. The average Bonchev–Trinajstić information content (AvgIpc) is 3.35. The van der Waals surface area contributed by atoms with Crippen LogP contribution in [-0.2, 0) is 14.3 Å². The Morgan fingerprint density at radius 1 is 0.507 bits per heavy atom. The fraction of sp³-hybridized carbons (Fsp3) is 0.617. The van der Waals surface area contributed by atoms with Crippen LogP contribution in [0.1, 0.15) is 181 Å². The van der Waals surface area contributed by atoms with E-state index in [-0.39, 0.29) is 18.9 Å². The molecule has 1 saturated heterocycles. The van der Waals surface area contributed by atoms with Gasteiger partial charge in [0.05, 0.1) is 25.4 Å². The van der Waals surface area contributed by atoms with Gasteiger partial charge in [-0.05, 0) is 109 Å². The van der Waals surface area contributed by atoms with Gasteiger partial charge in [0.15, 0.2) is 6.29 Å². The van der Waals surface area contributed by atoms with E-state index in [0.717, 1.165) is 89.9 Å². The molecule has 9 heteroatoms. The SMILES string of the molecule is CC/C=C\C/C=C\C/C=C\C/C=C\C/C=C\C/C=C\C/C=C\C/C=C\CCCCC(=O)NC(COC1OC(CO)C(O)C(O)C1O)C(O)/C=C/CC/C=C/CC/C=C/CCCCCCCCCCC. The second kappa shape index (κ2) is 48.0. The lowest BCUT2D eigenvalue weighted by molar-refractivity contribution is -0.302. The number of unbranched alkanes of at least 4 members (excludes halogenated alkanes) is 13. The van der Waals surface area contributed by atoms with Crippen LogP contribution in [0.5, 0.6) is 0 Å². The Morgan fingerprint density at radius 3 is 1.39 bits per heavy atom. The van der Waals surface area contributed by atoms with Crippen LogP contribution in [0, 0.1) is 0 Å². The molecule has 0 bridgehead atoms. The molecule has 390 valence electrons. The van der Waals surface area contributed by atoms with Gasteiger partial charge in [-0.15, -0.1) is 0 Å². The maximum atomic E-state index is 13.0. The molecule has 1 aliphatic heterocycles. The van der Waals surface area contributed by atoms with E-state index in [4.69, 9.17) is 9.47 Å². The summed E-state index contributed by atoms with van der Waals surface area (Å²) in [6.07, 6.45) is 66.4. The van der Waals surface area contributed by atoms with Gasteiger partial charge in [0.25, 0.3) is 0 Å². The van der Waals surface area contributed by atoms with Crippen LogP contribution in [0.4, 0.5) is 0 Å². The van der Waals surface area contributed by atoms with E-state index in [1.165, 1.54) is 57.8 Å². The molecule has 0 aromatic carbocycles. The molecule has 0 aromatic heterocycles. The predicted molar refractivity (Wildman–Crippen MR) is 290 cm³/mol. The molecule has 0 spiro atoms. The van der Waals surface area contributed by atoms with Crippen molar-refractivity contribution in [2.45, 2.75) is 224 Å². The van der Waals surface area contributed by atoms with Gasteiger partial charge in [0.1, 0.15) is 24.4 Å². The summed E-state index contributed by atoms with van der Waals surface area (Å²) in [6, 6.07) is -0.862. The molecule has 0 saturated carbocycles. The van der Waals surface area contributed by atoms with Crippen LogP contribution in [0.3, 0.4) is 0 Å². The number of ether oxygens (including phenoxy) is 2. The highest BCUT2D eigenvalue weighted by Gasteiger charge is 2.44. The summed E-state index contributed by atoms with van der Waals surface area (Å²) in [5.74, 6) is -0.240. The Labute approximate surface area is 420 Å². The molecule has 1 fully saturated rings. The van der Waals surface area contributed by atoms with E-state index >= 15 is 0 Å². The number of carbonyl (C=O) groups is 1. The first-order chi connectivity index (χ1) is 33.8. The van der Waals surface area contributed by atoms with Gasteiger partial charge >= 0.3 is 0 Å². The molecule has 1 rings (SSSR count). The number of aliphatic hydroxyl groups excluding tert-OH is 5. The maximum Gasteiger partial charge on any atom is 0.220 e. The molecule has 9 nitrogen and oxygen atoms in total. The van der Waals surface area contributed by atoms with E-state index < -0.39 is 49.5 Å². The van der Waals surface area contributed by atoms with Crippen LogP contribution >= 0.6 is 0 Å². The Bertz CT molecular complexity index is 1530. The minimum atomic E-state index is -1.59. The fourth-order valence-electron chi connectivity index (χ4n) is 7.44. The maximum absolute atomic E-state index is 13.0. The molecule has 1 amide bonds. The highest BCUT2D eigenvalue weighted by molar-refractivity contribution is 5.76. The molecule has 7 unspecified atom stereocenters. The molecule has 1 aliphatic rings. The lowest BCUT2D eigenvalue weighted by Crippen LogP contribution is -2.60. The van der Waals surface area contributed by atoms with E-state index in [9.17, 15) is 30.3 Å². The van der Waals surface area contributed by atoms with Crippen molar-refractivity contribution in [3.63, 3.8) is 0 Å². The molecule has 0 radical (unpaired) electrons. The largest absolute Gasteiger partial charge is 0.394 e. The standard InChI is InChI=1S/C60H97NO8/c1-3-5-7-9-11-13-15-17-19-21-23-24-25-26-27-28-29-30-32-34-36-38-40-42-44-46-48-50-56(64)61-53(52-68-60-59(67)58(66)57(65)55(51-62)69-60)54(63)49-47-45-43-41-39-37-35-33-31-22-20-18-16-14-12-10-8-6-4-2/h5,7,11,13,17,19,23-24,26-27,29-31,33-34,36,39-42,47,49,53-55,57-60,62-63,65-67H,3-4,6,8-10,12,14-16,18,20-22,25,28,32,35,37-38,43-46,48,50-52H2,1-2H3,(H,61,64)/b7-5-,13-11-,19-17-,24-23-,27-26-,30-29-,33-31+,36-34-,41-39+,42-40-,49-47+. The zero-order chi connectivity index (χ0) is 50.1. The van der Waals surface area contributed by atoms with Crippen molar-refractivity contribution in [3.8, 4) is 0 Å². The molecular weight excluding hydrogens is 863 g/mol. The zero-order valence-corrected chi connectivity index (χ0v) is 43.0. The van der Waals surface area contributed by atoms with Gasteiger partial charge in [-0.3, -0.25) is 4.79 Å². The van der Waals surface area contributed by atoms with E-state index in [0.29, 0.717) is 12.8 Å². The second-order valence-electron chi connectivity index (χ2n) is 17.9. The molecule has 0 aliphatic carbocycles. The number of amides is 1. The van der Waals surface area contributed by atoms with E-state index in [2.05, 4.69) is 141 Å². The number of aliphatic hydroxyl groups is 5. The Hall–Kier alpha value is -3.67. The molecular formula is C60H97NO8. The van der Waals surface area contributed by atoms with Gasteiger partial charge in [-0.25, -0.2) is 0 Å². The summed E-state index contributed by atoms with van der Waals surface area (Å²) >= 11 is 0. The first kappa shape index (κ1) is 63.3. The summed E-state index contributed by atoms with van der Waals surface area (Å²) in [5, 5.41) is 54.3. The van der Waals surface area contributed by atoms with Gasteiger partial charge in [-0.1, -0.05) is 199 Å². The molecule has 7 atom stereocenters. The number of hydrogen-bond donors (Lipinski definition) is 6. The van der Waals surface area contributed by atoms with Gasteiger partial charge in [0.2, 0.25) is 5.91 Å². The fourth-order valence-corrected chi connectivity index (χ4v) is 7.44. The van der Waals surface area contributed by atoms with Gasteiger partial charge < -0.3 is 40.3 Å². The zero-order valence-electron chi connectivity index (χ0n) is 43.0. The lowest BCUT2D eigenvalue weighted by Gasteiger charge is -2.40. The van der Waals surface area contributed by atoms with Crippen LogP contribution in [0.2, 0.25) is 0 Å². The average molecular weight is 960 g/mol. The first-order valence-electron chi connectivity index (χ1n) is 26.9. The van der Waals surface area contributed by atoms with Gasteiger partial charge in [-0.2, -0.15) is 0 Å². The summed E-state index contributed by atoms with van der Waals surface area (Å²) in [5.41, 5.74) is 0. The second-order valence-corrected chi connectivity index (χ2v) is 17.9. The molecule has 69 heavy (non-hydrogen) atoms. The molecule has 0 aromatic rings. The lowest BCUT2D eigenvalue weighted by atomic mass is 9.99. The normalized spacial score (nSPS) is 20.6. The van der Waals surface area contributed by atoms with Crippen molar-refractivity contribution in [1.82, 2.24) is 5.32 Å². The summed E-state index contributed by atoms with van der Waals surface area (Å²) in [6.45, 7) is 3.59. The number of nitrogens with one attached hydrogen (secondary N) is 1. The van der Waals surface area contributed by atoms with Crippen LogP contribution in [0.25, 0.3) is 0 Å². The van der Waals surface area contributed by atoms with Crippen LogP contribution in [-0.4, -0.2) is 87.5 Å². The number of hydrogen-bond acceptors (Lipinski definition) is 8. The Balaban J connectivity index is 2.37. The third-order valence-corrected chi connectivity index (χ3v) is 11.7. The Kier molecular flexibility index (Phi) is 44.0. The highest BCUT2D eigenvalue weighted by atomic mass is 16.7. The topological polar surface area (TPSA) is 149 Å². The smallest absolute Gasteiger partial charge is 0.220 e. The van der Waals surface area contributed by atoms with Crippen LogP contribution in [0.15, 0.2) is 134 Å². The minimum absolute atomic E-state index is 0.233.